The Bertz CT molecular complexity index is 595. The van der Waals surface area contributed by atoms with Gasteiger partial charge in [0, 0.05) is 13.1 Å². The van der Waals surface area contributed by atoms with E-state index in [-0.39, 0.29) is 11.4 Å². The van der Waals surface area contributed by atoms with Crippen LogP contribution in [0, 0.1) is 6.92 Å². The highest BCUT2D eigenvalue weighted by Crippen LogP contribution is 2.26. The van der Waals surface area contributed by atoms with E-state index in [1.165, 1.54) is 4.31 Å². The number of halogens is 1. The van der Waals surface area contributed by atoms with Crippen molar-refractivity contribution in [2.75, 3.05) is 7.05 Å². The zero-order valence-electron chi connectivity index (χ0n) is 12.5. The average Bonchev–Trinajstić information content (AvgIpc) is 2.43. The molecule has 0 aromatic heterocycles. The number of aryl methyl sites for hydroxylation is 1. The summed E-state index contributed by atoms with van der Waals surface area (Å²) >= 11 is 6.38. The molecule has 0 heterocycles. The molecule has 0 spiro atoms. The standard InChI is InChI=1S/C16H22ClNO2S/c1-13-9-11-14(12-10-13)21(19,20)18(2)16-8-6-4-3-5-7-15(16)17/h5,7,9-12,15-16H,3-4,6,8H2,1-2H3/b7-5-. The Labute approximate surface area is 132 Å². The quantitative estimate of drug-likeness (QED) is 0.626. The van der Waals surface area contributed by atoms with Crippen molar-refractivity contribution < 1.29 is 8.42 Å². The fourth-order valence-electron chi connectivity index (χ4n) is 2.57. The van der Waals surface area contributed by atoms with Crippen molar-refractivity contribution in [2.24, 2.45) is 0 Å². The van der Waals surface area contributed by atoms with E-state index in [1.54, 1.807) is 19.2 Å². The van der Waals surface area contributed by atoms with Gasteiger partial charge in [-0.1, -0.05) is 36.3 Å². The van der Waals surface area contributed by atoms with Crippen LogP contribution >= 0.6 is 11.6 Å². The lowest BCUT2D eigenvalue weighted by Gasteiger charge is -2.30. The van der Waals surface area contributed by atoms with Crippen LogP contribution < -0.4 is 0 Å². The van der Waals surface area contributed by atoms with Gasteiger partial charge < -0.3 is 0 Å². The first kappa shape index (κ1) is 16.5. The fourth-order valence-corrected chi connectivity index (χ4v) is 4.44. The van der Waals surface area contributed by atoms with Gasteiger partial charge in [0.25, 0.3) is 0 Å². The molecule has 2 atom stereocenters. The van der Waals surface area contributed by atoms with Crippen LogP contribution in [0.5, 0.6) is 0 Å². The van der Waals surface area contributed by atoms with Gasteiger partial charge in [-0.3, -0.25) is 0 Å². The minimum absolute atomic E-state index is 0.200. The van der Waals surface area contributed by atoms with Gasteiger partial charge in [-0.05, 0) is 38.3 Å². The molecule has 0 radical (unpaired) electrons. The molecule has 2 unspecified atom stereocenters. The summed E-state index contributed by atoms with van der Waals surface area (Å²) < 4.78 is 26.9. The Morgan fingerprint density at radius 2 is 1.86 bits per heavy atom. The van der Waals surface area contributed by atoms with E-state index in [2.05, 4.69) is 6.08 Å². The molecule has 3 nitrogen and oxygen atoms in total. The van der Waals surface area contributed by atoms with Crippen molar-refractivity contribution >= 4 is 21.6 Å². The number of rotatable bonds is 3. The summed E-state index contributed by atoms with van der Waals surface area (Å²) in [7, 11) is -1.87. The Balaban J connectivity index is 2.27. The monoisotopic (exact) mass is 327 g/mol. The van der Waals surface area contributed by atoms with Gasteiger partial charge in [-0.25, -0.2) is 8.42 Å². The maximum atomic E-state index is 12.7. The maximum Gasteiger partial charge on any atom is 0.243 e. The van der Waals surface area contributed by atoms with E-state index < -0.39 is 10.0 Å². The summed E-state index contributed by atoms with van der Waals surface area (Å²) in [5.74, 6) is 0. The number of allylic oxidation sites excluding steroid dienone is 1. The van der Waals surface area contributed by atoms with Crippen molar-refractivity contribution in [3.8, 4) is 0 Å². The van der Waals surface area contributed by atoms with Crippen LogP contribution in [0.3, 0.4) is 0 Å². The number of benzene rings is 1. The third-order valence-electron chi connectivity index (χ3n) is 3.97. The fraction of sp³-hybridized carbons (Fsp3) is 0.500. The number of alkyl halides is 1. The maximum absolute atomic E-state index is 12.7. The SMILES string of the molecule is Cc1ccc(S(=O)(=O)N(C)C2CCCC/C=C\C2Cl)cc1. The van der Waals surface area contributed by atoms with E-state index >= 15 is 0 Å². The van der Waals surface area contributed by atoms with E-state index in [0.29, 0.717) is 4.90 Å². The van der Waals surface area contributed by atoms with Crippen molar-refractivity contribution in [1.29, 1.82) is 0 Å². The third kappa shape index (κ3) is 3.87. The van der Waals surface area contributed by atoms with Gasteiger partial charge in [0.05, 0.1) is 10.3 Å². The number of sulfonamides is 1. The molecule has 0 aliphatic heterocycles. The van der Waals surface area contributed by atoms with E-state index in [1.807, 2.05) is 25.1 Å². The molecule has 1 aliphatic carbocycles. The lowest BCUT2D eigenvalue weighted by Crippen LogP contribution is -2.42. The van der Waals surface area contributed by atoms with Gasteiger partial charge in [0.2, 0.25) is 10.0 Å². The second-order valence-corrected chi connectivity index (χ2v) is 8.06. The van der Waals surface area contributed by atoms with Gasteiger partial charge in [0.1, 0.15) is 0 Å². The van der Waals surface area contributed by atoms with Crippen LogP contribution in [-0.4, -0.2) is 31.2 Å². The van der Waals surface area contributed by atoms with Gasteiger partial charge in [-0.15, -0.1) is 11.6 Å². The Hall–Kier alpha value is -0.840. The second-order valence-electron chi connectivity index (χ2n) is 5.56. The molecule has 0 fully saturated rings. The van der Waals surface area contributed by atoms with Crippen molar-refractivity contribution in [3.63, 3.8) is 0 Å². The first-order valence-corrected chi connectivity index (χ1v) is 9.16. The van der Waals surface area contributed by atoms with Crippen LogP contribution in [-0.2, 0) is 10.0 Å². The van der Waals surface area contributed by atoms with Crippen LogP contribution in [0.4, 0.5) is 0 Å². The molecule has 1 aliphatic rings. The highest BCUT2D eigenvalue weighted by atomic mass is 35.5. The first-order chi connectivity index (χ1) is 9.93. The van der Waals surface area contributed by atoms with E-state index in [9.17, 15) is 8.42 Å². The Morgan fingerprint density at radius 3 is 2.52 bits per heavy atom. The Kier molecular flexibility index (Phi) is 5.47. The van der Waals surface area contributed by atoms with E-state index in [4.69, 9.17) is 11.6 Å². The van der Waals surface area contributed by atoms with Crippen LogP contribution in [0.1, 0.15) is 31.2 Å². The highest BCUT2D eigenvalue weighted by molar-refractivity contribution is 7.89. The molecule has 0 amide bonds. The molecule has 0 bridgehead atoms. The van der Waals surface area contributed by atoms with Crippen molar-refractivity contribution in [2.45, 2.75) is 48.9 Å². The number of nitrogens with zero attached hydrogens (tertiary/aromatic N) is 1. The third-order valence-corrected chi connectivity index (χ3v) is 6.31. The second kappa shape index (κ2) is 6.95. The van der Waals surface area contributed by atoms with Crippen molar-refractivity contribution in [1.82, 2.24) is 4.31 Å². The zero-order valence-corrected chi connectivity index (χ0v) is 14.1. The van der Waals surface area contributed by atoms with E-state index in [0.717, 1.165) is 31.2 Å². The summed E-state index contributed by atoms with van der Waals surface area (Å²) in [4.78, 5) is 0.325. The lowest BCUT2D eigenvalue weighted by molar-refractivity contribution is 0.342. The predicted molar refractivity (Wildman–Crippen MR) is 87.2 cm³/mol. The van der Waals surface area contributed by atoms with Gasteiger partial charge in [-0.2, -0.15) is 4.31 Å². The smallest absolute Gasteiger partial charge is 0.207 e. The summed E-state index contributed by atoms with van der Waals surface area (Å²) in [6.07, 6.45) is 7.86. The van der Waals surface area contributed by atoms with Crippen LogP contribution in [0.25, 0.3) is 0 Å². The Morgan fingerprint density at radius 1 is 1.19 bits per heavy atom. The van der Waals surface area contributed by atoms with Crippen LogP contribution in [0.15, 0.2) is 41.3 Å². The first-order valence-electron chi connectivity index (χ1n) is 7.28. The lowest BCUT2D eigenvalue weighted by atomic mass is 10.0. The largest absolute Gasteiger partial charge is 0.243 e. The number of hydrogen-bond acceptors (Lipinski definition) is 2. The van der Waals surface area contributed by atoms with Gasteiger partial charge in [0.15, 0.2) is 0 Å². The molecule has 0 saturated carbocycles. The summed E-state index contributed by atoms with van der Waals surface area (Å²) in [6, 6.07) is 6.75. The minimum atomic E-state index is -3.50. The molecule has 116 valence electrons. The molecule has 1 aromatic carbocycles. The summed E-state index contributed by atoms with van der Waals surface area (Å²) in [6.45, 7) is 1.94. The molecular formula is C16H22ClNO2S. The van der Waals surface area contributed by atoms with Crippen LogP contribution in [0.2, 0.25) is 0 Å². The minimum Gasteiger partial charge on any atom is -0.207 e. The molecule has 0 saturated heterocycles. The van der Waals surface area contributed by atoms with Gasteiger partial charge >= 0.3 is 0 Å². The summed E-state index contributed by atoms with van der Waals surface area (Å²) in [5, 5.41) is -0.282. The topological polar surface area (TPSA) is 37.4 Å². The molecular weight excluding hydrogens is 306 g/mol. The molecule has 5 heteroatoms. The normalized spacial score (nSPS) is 25.3. The molecule has 1 aromatic rings. The summed E-state index contributed by atoms with van der Waals surface area (Å²) in [5.41, 5.74) is 1.04. The highest BCUT2D eigenvalue weighted by Gasteiger charge is 2.31. The van der Waals surface area contributed by atoms with Crippen molar-refractivity contribution in [3.05, 3.63) is 42.0 Å². The predicted octanol–water partition coefficient (Wildman–Crippen LogP) is 3.72. The zero-order chi connectivity index (χ0) is 15.5. The number of hydrogen-bond donors (Lipinski definition) is 0. The molecule has 0 N–H and O–H groups in total. The average molecular weight is 328 g/mol. The molecule has 21 heavy (non-hydrogen) atoms. The molecule has 2 rings (SSSR count).